The second-order valence-corrected chi connectivity index (χ2v) is 5.62. The number of rotatable bonds is 4. The van der Waals surface area contributed by atoms with Crippen LogP contribution in [0.15, 0.2) is 23.7 Å². The third-order valence-electron chi connectivity index (χ3n) is 2.46. The summed E-state index contributed by atoms with van der Waals surface area (Å²) < 4.78 is 4.68. The maximum absolute atomic E-state index is 12.0. The molecular weight excluding hydrogens is 270 g/mol. The number of thiophene rings is 1. The molecule has 0 amide bonds. The van der Waals surface area contributed by atoms with E-state index in [4.69, 9.17) is 0 Å². The Labute approximate surface area is 112 Å². The van der Waals surface area contributed by atoms with Gasteiger partial charge in [0, 0.05) is 16.5 Å². The van der Waals surface area contributed by atoms with Gasteiger partial charge in [-0.1, -0.05) is 0 Å². The van der Waals surface area contributed by atoms with Crippen molar-refractivity contribution in [3.8, 4) is 0 Å². The molecule has 0 spiro atoms. The van der Waals surface area contributed by atoms with E-state index in [1.165, 1.54) is 29.8 Å². The zero-order chi connectivity index (χ0) is 13.1. The van der Waals surface area contributed by atoms with E-state index < -0.39 is 0 Å². The van der Waals surface area contributed by atoms with Crippen LogP contribution in [0.5, 0.6) is 0 Å². The van der Waals surface area contributed by atoms with Gasteiger partial charge >= 0.3 is 5.97 Å². The molecule has 18 heavy (non-hydrogen) atoms. The van der Waals surface area contributed by atoms with Crippen molar-refractivity contribution in [1.82, 2.24) is 4.98 Å². The van der Waals surface area contributed by atoms with Gasteiger partial charge in [0.25, 0.3) is 0 Å². The quantitative estimate of drug-likeness (QED) is 0.638. The standard InChI is InChI=1S/C12H11NO3S2/c1-7(12(15)16-2)8-3-4-9(18-8)10(14)11-13-5-6-17-11/h3-7H,1-2H3. The molecule has 0 aliphatic heterocycles. The largest absolute Gasteiger partial charge is 0.469 e. The summed E-state index contributed by atoms with van der Waals surface area (Å²) in [6.45, 7) is 1.76. The summed E-state index contributed by atoms with van der Waals surface area (Å²) in [5.74, 6) is -0.749. The first-order chi connectivity index (χ1) is 8.63. The molecule has 2 aromatic heterocycles. The fourth-order valence-electron chi connectivity index (χ4n) is 1.44. The van der Waals surface area contributed by atoms with Crippen molar-refractivity contribution in [3.63, 3.8) is 0 Å². The third kappa shape index (κ3) is 2.49. The molecule has 94 valence electrons. The van der Waals surface area contributed by atoms with Crippen LogP contribution < -0.4 is 0 Å². The van der Waals surface area contributed by atoms with Crippen LogP contribution in [0.25, 0.3) is 0 Å². The molecule has 1 unspecified atom stereocenters. The molecule has 0 bridgehead atoms. The van der Waals surface area contributed by atoms with E-state index in [2.05, 4.69) is 9.72 Å². The first-order valence-corrected chi connectivity index (χ1v) is 6.95. The van der Waals surface area contributed by atoms with Crippen LogP contribution in [0.4, 0.5) is 0 Å². The number of carbonyl (C=O) groups is 2. The van der Waals surface area contributed by atoms with E-state index in [0.717, 1.165) is 4.88 Å². The van der Waals surface area contributed by atoms with Gasteiger partial charge in [0.1, 0.15) is 0 Å². The number of hydrogen-bond acceptors (Lipinski definition) is 6. The van der Waals surface area contributed by atoms with Gasteiger partial charge in [0.2, 0.25) is 5.78 Å². The van der Waals surface area contributed by atoms with Gasteiger partial charge < -0.3 is 4.74 Å². The molecule has 4 nitrogen and oxygen atoms in total. The summed E-state index contributed by atoms with van der Waals surface area (Å²) in [6, 6.07) is 3.51. The van der Waals surface area contributed by atoms with Crippen molar-refractivity contribution in [3.05, 3.63) is 38.5 Å². The number of esters is 1. The Hall–Kier alpha value is -1.53. The van der Waals surface area contributed by atoms with Crippen molar-refractivity contribution in [2.45, 2.75) is 12.8 Å². The molecule has 2 heterocycles. The van der Waals surface area contributed by atoms with Crippen LogP contribution in [0.2, 0.25) is 0 Å². The smallest absolute Gasteiger partial charge is 0.313 e. The number of ether oxygens (including phenoxy) is 1. The molecule has 0 fully saturated rings. The molecule has 0 saturated carbocycles. The van der Waals surface area contributed by atoms with Gasteiger partial charge in [-0.05, 0) is 19.1 Å². The highest BCUT2D eigenvalue weighted by Crippen LogP contribution is 2.27. The van der Waals surface area contributed by atoms with Crippen LogP contribution >= 0.6 is 22.7 Å². The van der Waals surface area contributed by atoms with Crippen LogP contribution in [0, 0.1) is 0 Å². The predicted molar refractivity (Wildman–Crippen MR) is 70.3 cm³/mol. The van der Waals surface area contributed by atoms with Crippen molar-refractivity contribution < 1.29 is 14.3 Å². The van der Waals surface area contributed by atoms with Crippen LogP contribution in [0.3, 0.4) is 0 Å². The highest BCUT2D eigenvalue weighted by atomic mass is 32.1. The lowest BCUT2D eigenvalue weighted by atomic mass is 10.1. The van der Waals surface area contributed by atoms with Gasteiger partial charge in [-0.3, -0.25) is 9.59 Å². The highest BCUT2D eigenvalue weighted by molar-refractivity contribution is 7.16. The van der Waals surface area contributed by atoms with Crippen LogP contribution in [-0.4, -0.2) is 23.8 Å². The van der Waals surface area contributed by atoms with E-state index >= 15 is 0 Å². The molecule has 2 rings (SSSR count). The van der Waals surface area contributed by atoms with Crippen LogP contribution in [0.1, 0.15) is 32.4 Å². The number of ketones is 1. The Bertz CT molecular complexity index is 560. The Morgan fingerprint density at radius 1 is 1.39 bits per heavy atom. The molecule has 6 heteroatoms. The van der Waals surface area contributed by atoms with E-state index in [0.29, 0.717) is 9.88 Å². The Morgan fingerprint density at radius 2 is 2.17 bits per heavy atom. The number of thiazole rings is 1. The SMILES string of the molecule is COC(=O)C(C)c1ccc(C(=O)c2nccs2)s1. The molecule has 0 saturated heterocycles. The van der Waals surface area contributed by atoms with E-state index in [9.17, 15) is 9.59 Å². The minimum Gasteiger partial charge on any atom is -0.469 e. The lowest BCUT2D eigenvalue weighted by molar-refractivity contribution is -0.141. The lowest BCUT2D eigenvalue weighted by Crippen LogP contribution is -2.09. The summed E-state index contributed by atoms with van der Waals surface area (Å²) in [6.07, 6.45) is 1.60. The first kappa shape index (κ1) is 12.9. The topological polar surface area (TPSA) is 56.3 Å². The van der Waals surface area contributed by atoms with Gasteiger partial charge in [-0.2, -0.15) is 0 Å². The zero-order valence-corrected chi connectivity index (χ0v) is 11.5. The van der Waals surface area contributed by atoms with Gasteiger partial charge in [0.15, 0.2) is 5.01 Å². The summed E-state index contributed by atoms with van der Waals surface area (Å²) >= 11 is 2.62. The minimum absolute atomic E-state index is 0.0988. The van der Waals surface area contributed by atoms with Gasteiger partial charge in [-0.25, -0.2) is 4.98 Å². The summed E-state index contributed by atoms with van der Waals surface area (Å²) in [5.41, 5.74) is 0. The summed E-state index contributed by atoms with van der Waals surface area (Å²) in [5, 5.41) is 2.23. The summed E-state index contributed by atoms with van der Waals surface area (Å²) in [7, 11) is 1.36. The highest BCUT2D eigenvalue weighted by Gasteiger charge is 2.20. The Balaban J connectivity index is 2.21. The molecule has 0 N–H and O–H groups in total. The fraction of sp³-hybridized carbons (Fsp3) is 0.250. The fourth-order valence-corrected chi connectivity index (χ4v) is 3.08. The maximum Gasteiger partial charge on any atom is 0.313 e. The monoisotopic (exact) mass is 281 g/mol. The Morgan fingerprint density at radius 3 is 2.78 bits per heavy atom. The molecule has 0 radical (unpaired) electrons. The van der Waals surface area contributed by atoms with E-state index in [1.54, 1.807) is 30.6 Å². The first-order valence-electron chi connectivity index (χ1n) is 5.25. The molecule has 0 aliphatic carbocycles. The molecule has 0 aromatic carbocycles. The molecule has 1 atom stereocenters. The number of carbonyl (C=O) groups excluding carboxylic acids is 2. The van der Waals surface area contributed by atoms with Crippen molar-refractivity contribution in [2.24, 2.45) is 0 Å². The maximum atomic E-state index is 12.0. The summed E-state index contributed by atoms with van der Waals surface area (Å²) in [4.78, 5) is 28.8. The lowest BCUT2D eigenvalue weighted by Gasteiger charge is -2.05. The average molecular weight is 281 g/mol. The average Bonchev–Trinajstić information content (AvgIpc) is 3.06. The third-order valence-corrected chi connectivity index (χ3v) is 4.50. The van der Waals surface area contributed by atoms with Crippen LogP contribution in [-0.2, 0) is 9.53 Å². The van der Waals surface area contributed by atoms with Gasteiger partial charge in [0.05, 0.1) is 17.9 Å². The predicted octanol–water partition coefficient (Wildman–Crippen LogP) is 2.71. The minimum atomic E-state index is -0.349. The number of nitrogens with zero attached hydrogens (tertiary/aromatic N) is 1. The normalized spacial score (nSPS) is 12.1. The van der Waals surface area contributed by atoms with Crippen molar-refractivity contribution >= 4 is 34.4 Å². The second kappa shape index (κ2) is 5.41. The number of aromatic nitrogens is 1. The van der Waals surface area contributed by atoms with Crippen molar-refractivity contribution in [2.75, 3.05) is 7.11 Å². The van der Waals surface area contributed by atoms with Gasteiger partial charge in [-0.15, -0.1) is 22.7 Å². The van der Waals surface area contributed by atoms with E-state index in [1.807, 2.05) is 0 Å². The molecular formula is C12H11NO3S2. The molecule has 2 aromatic rings. The molecule has 0 aliphatic rings. The number of hydrogen-bond donors (Lipinski definition) is 0. The van der Waals surface area contributed by atoms with E-state index in [-0.39, 0.29) is 17.7 Å². The zero-order valence-electron chi connectivity index (χ0n) is 9.88. The second-order valence-electron chi connectivity index (χ2n) is 3.61. The Kier molecular flexibility index (Phi) is 3.88. The van der Waals surface area contributed by atoms with Crippen molar-refractivity contribution in [1.29, 1.82) is 0 Å². The number of methoxy groups -OCH3 is 1.